The summed E-state index contributed by atoms with van der Waals surface area (Å²) in [5, 5.41) is 0. The number of alkyl halides is 9. The van der Waals surface area contributed by atoms with Crippen molar-refractivity contribution in [1.82, 2.24) is 0 Å². The molecule has 1 saturated heterocycles. The van der Waals surface area contributed by atoms with E-state index in [9.17, 15) is 52.7 Å². The molecule has 1 fully saturated rings. The summed E-state index contributed by atoms with van der Waals surface area (Å²) in [6.45, 7) is 0. The summed E-state index contributed by atoms with van der Waals surface area (Å²) in [5.41, 5.74) is 0. The number of rotatable bonds is 1. The van der Waals surface area contributed by atoms with Crippen LogP contribution in [-0.4, -0.2) is 30.1 Å². The van der Waals surface area contributed by atoms with Gasteiger partial charge in [0.05, 0.1) is 0 Å². The van der Waals surface area contributed by atoms with Crippen LogP contribution in [0.2, 0.25) is 0 Å². The van der Waals surface area contributed by atoms with Crippen LogP contribution < -0.4 is 0 Å². The van der Waals surface area contributed by atoms with Gasteiger partial charge in [-0.15, -0.1) is 0 Å². The van der Waals surface area contributed by atoms with E-state index >= 15 is 0 Å². The molecule has 0 saturated carbocycles. The van der Waals surface area contributed by atoms with Gasteiger partial charge in [-0.2, -0.15) is 52.7 Å². The van der Waals surface area contributed by atoms with E-state index in [-0.39, 0.29) is 0 Å². The highest BCUT2D eigenvalue weighted by atomic mass is 19.4. The van der Waals surface area contributed by atoms with Gasteiger partial charge >= 0.3 is 36.2 Å². The minimum absolute atomic E-state index is 2.28. The zero-order chi connectivity index (χ0) is 17.1. The molecule has 21 heavy (non-hydrogen) atoms. The molecule has 0 radical (unpaired) electrons. The molecule has 0 aromatic carbocycles. The van der Waals surface area contributed by atoms with E-state index in [1.54, 1.807) is 0 Å². The summed E-state index contributed by atoms with van der Waals surface area (Å²) in [6.07, 6.45) is -24.0. The second-order valence-electron chi connectivity index (χ2n) is 3.50. The number of ether oxygens (including phenoxy) is 2. The van der Waals surface area contributed by atoms with Crippen molar-refractivity contribution in [2.75, 3.05) is 0 Å². The molecule has 0 spiro atoms. The average molecular weight is 344 g/mol. The molecule has 2 nitrogen and oxygen atoms in total. The van der Waals surface area contributed by atoms with E-state index in [1.807, 2.05) is 0 Å². The molecule has 0 bridgehead atoms. The van der Waals surface area contributed by atoms with Crippen molar-refractivity contribution in [3.05, 3.63) is 11.9 Å². The van der Waals surface area contributed by atoms with Gasteiger partial charge in [0, 0.05) is 0 Å². The Kier molecular flexibility index (Phi) is 3.75. The highest BCUT2D eigenvalue weighted by Gasteiger charge is 2.88. The van der Waals surface area contributed by atoms with Gasteiger partial charge in [-0.25, -0.2) is 0 Å². The third kappa shape index (κ3) is 2.33. The standard InChI is InChI=1S/C7F12O2/c8-1(2(9)10)3(5(12,13)14)20-4(11,6(15,16)17)7(18,19)21-3. The molecule has 2 atom stereocenters. The molecule has 124 valence electrons. The van der Waals surface area contributed by atoms with E-state index < -0.39 is 42.0 Å². The lowest BCUT2D eigenvalue weighted by Gasteiger charge is -2.28. The lowest BCUT2D eigenvalue weighted by atomic mass is 10.2. The Morgan fingerprint density at radius 2 is 1.14 bits per heavy atom. The van der Waals surface area contributed by atoms with Gasteiger partial charge in [0.25, 0.3) is 0 Å². The summed E-state index contributed by atoms with van der Waals surface area (Å²) in [6, 6.07) is 0. The Bertz CT molecular complexity index is 459. The predicted octanol–water partition coefficient (Wildman–Crippen LogP) is 4.19. The van der Waals surface area contributed by atoms with Crippen LogP contribution in [0.5, 0.6) is 0 Å². The number of hydrogen-bond donors (Lipinski definition) is 0. The van der Waals surface area contributed by atoms with Crippen LogP contribution in [0.25, 0.3) is 0 Å². The second-order valence-corrected chi connectivity index (χ2v) is 3.50. The summed E-state index contributed by atoms with van der Waals surface area (Å²) >= 11 is 0. The van der Waals surface area contributed by atoms with E-state index in [2.05, 4.69) is 9.47 Å². The van der Waals surface area contributed by atoms with E-state index in [4.69, 9.17) is 0 Å². The quantitative estimate of drug-likeness (QED) is 0.664. The molecule has 0 aromatic heterocycles. The maximum Gasteiger partial charge on any atom is 0.458 e. The molecular weight excluding hydrogens is 344 g/mol. The molecule has 2 unspecified atom stereocenters. The third-order valence-electron chi connectivity index (χ3n) is 2.12. The first kappa shape index (κ1) is 17.9. The Morgan fingerprint density at radius 1 is 0.714 bits per heavy atom. The van der Waals surface area contributed by atoms with Crippen molar-refractivity contribution in [2.45, 2.75) is 30.1 Å². The minimum Gasteiger partial charge on any atom is -0.285 e. The molecule has 14 heteroatoms. The molecule has 1 aliphatic heterocycles. The Morgan fingerprint density at radius 3 is 1.38 bits per heavy atom. The molecule has 0 N–H and O–H groups in total. The summed E-state index contributed by atoms with van der Waals surface area (Å²) < 4.78 is 153. The summed E-state index contributed by atoms with van der Waals surface area (Å²) in [7, 11) is 0. The predicted molar refractivity (Wildman–Crippen MR) is 36.1 cm³/mol. The van der Waals surface area contributed by atoms with Crippen molar-refractivity contribution < 1.29 is 62.2 Å². The lowest BCUT2D eigenvalue weighted by Crippen LogP contribution is -2.54. The SMILES string of the molecule is FC(F)=C(F)C1(C(F)(F)F)OC(F)(F)C(F)(C(F)(F)F)O1. The van der Waals surface area contributed by atoms with Crippen molar-refractivity contribution in [3.8, 4) is 0 Å². The smallest absolute Gasteiger partial charge is 0.285 e. The van der Waals surface area contributed by atoms with Crippen molar-refractivity contribution in [3.63, 3.8) is 0 Å². The van der Waals surface area contributed by atoms with Crippen molar-refractivity contribution >= 4 is 0 Å². The van der Waals surface area contributed by atoms with E-state index in [0.717, 1.165) is 0 Å². The van der Waals surface area contributed by atoms with Gasteiger partial charge in [-0.05, 0) is 0 Å². The highest BCUT2D eigenvalue weighted by molar-refractivity contribution is 5.15. The third-order valence-corrected chi connectivity index (χ3v) is 2.12. The Labute approximate surface area is 105 Å². The van der Waals surface area contributed by atoms with Gasteiger partial charge in [0.2, 0.25) is 5.83 Å². The fourth-order valence-electron chi connectivity index (χ4n) is 1.20. The van der Waals surface area contributed by atoms with Crippen LogP contribution in [0.4, 0.5) is 52.7 Å². The van der Waals surface area contributed by atoms with Crippen LogP contribution in [-0.2, 0) is 9.47 Å². The fourth-order valence-corrected chi connectivity index (χ4v) is 1.20. The molecule has 1 heterocycles. The maximum atomic E-state index is 13.1. The molecular formula is C7F12O2. The van der Waals surface area contributed by atoms with Crippen LogP contribution in [0, 0.1) is 0 Å². The first-order chi connectivity index (χ1) is 9.02. The molecule has 1 aliphatic rings. The van der Waals surface area contributed by atoms with Gasteiger partial charge < -0.3 is 0 Å². The first-order valence-corrected chi connectivity index (χ1v) is 4.33. The second kappa shape index (κ2) is 4.41. The lowest BCUT2D eigenvalue weighted by molar-refractivity contribution is -0.398. The Balaban J connectivity index is 3.60. The fraction of sp³-hybridized carbons (Fsp3) is 0.714. The topological polar surface area (TPSA) is 18.5 Å². The zero-order valence-corrected chi connectivity index (χ0v) is 8.85. The molecule has 0 aliphatic carbocycles. The van der Waals surface area contributed by atoms with E-state index in [0.29, 0.717) is 0 Å². The van der Waals surface area contributed by atoms with Crippen molar-refractivity contribution in [2.24, 2.45) is 0 Å². The monoisotopic (exact) mass is 344 g/mol. The van der Waals surface area contributed by atoms with Gasteiger partial charge in [-0.1, -0.05) is 0 Å². The molecule has 0 aromatic rings. The maximum absolute atomic E-state index is 13.1. The van der Waals surface area contributed by atoms with Gasteiger partial charge in [0.15, 0.2) is 0 Å². The van der Waals surface area contributed by atoms with Crippen LogP contribution in [0.1, 0.15) is 0 Å². The van der Waals surface area contributed by atoms with Crippen LogP contribution in [0.3, 0.4) is 0 Å². The van der Waals surface area contributed by atoms with Gasteiger partial charge in [-0.3, -0.25) is 9.47 Å². The molecule has 1 rings (SSSR count). The Hall–Kier alpha value is -1.18. The normalized spacial score (nSPS) is 33.1. The average Bonchev–Trinajstić information content (AvgIpc) is 2.45. The highest BCUT2D eigenvalue weighted by Crippen LogP contribution is 2.61. The summed E-state index contributed by atoms with van der Waals surface area (Å²) in [5.74, 6) is -16.4. The number of halogens is 12. The van der Waals surface area contributed by atoms with Crippen LogP contribution >= 0.6 is 0 Å². The first-order valence-electron chi connectivity index (χ1n) is 4.33. The summed E-state index contributed by atoms with van der Waals surface area (Å²) in [4.78, 5) is 0. The van der Waals surface area contributed by atoms with E-state index in [1.165, 1.54) is 0 Å². The largest absolute Gasteiger partial charge is 0.458 e. The number of hydrogen-bond acceptors (Lipinski definition) is 2. The zero-order valence-electron chi connectivity index (χ0n) is 8.85. The minimum atomic E-state index is -6.85. The van der Waals surface area contributed by atoms with Crippen molar-refractivity contribution in [1.29, 1.82) is 0 Å². The van der Waals surface area contributed by atoms with Gasteiger partial charge in [0.1, 0.15) is 0 Å². The van der Waals surface area contributed by atoms with Crippen LogP contribution in [0.15, 0.2) is 11.9 Å². The molecule has 0 amide bonds.